The molecule has 0 saturated carbocycles. The Morgan fingerprint density at radius 1 is 1.26 bits per heavy atom. The van der Waals surface area contributed by atoms with E-state index in [0.717, 1.165) is 15.6 Å². The Labute approximate surface area is 153 Å². The number of aromatic nitrogens is 2. The first-order valence-electron chi connectivity index (χ1n) is 7.71. The molecule has 11 nitrogen and oxygen atoms in total. The molecule has 144 valence electrons. The zero-order valence-corrected chi connectivity index (χ0v) is 14.7. The van der Waals surface area contributed by atoms with Gasteiger partial charge in [-0.25, -0.2) is 0 Å². The molecule has 2 aromatic rings. The maximum Gasteiger partial charge on any atom is 0.389 e. The number of carboxylic acid groups (broad SMARTS) is 1. The predicted octanol–water partition coefficient (Wildman–Crippen LogP) is 0.922. The minimum Gasteiger partial charge on any atom is -0.497 e. The van der Waals surface area contributed by atoms with E-state index in [0.29, 0.717) is 17.1 Å². The molecule has 1 aromatic carbocycles. The van der Waals surface area contributed by atoms with Crippen molar-refractivity contribution in [2.45, 2.75) is 13.1 Å². The number of benzene rings is 1. The van der Waals surface area contributed by atoms with Crippen LogP contribution in [-0.4, -0.2) is 57.4 Å². The third-order valence-electron chi connectivity index (χ3n) is 3.57. The molecule has 1 amide bonds. The quantitative estimate of drug-likeness (QED) is 0.502. The van der Waals surface area contributed by atoms with Gasteiger partial charge >= 0.3 is 11.8 Å². The topological polar surface area (TPSA) is 137 Å². The second-order valence-electron chi connectivity index (χ2n) is 5.49. The van der Waals surface area contributed by atoms with Gasteiger partial charge in [0.2, 0.25) is 5.91 Å². The van der Waals surface area contributed by atoms with Gasteiger partial charge in [0, 0.05) is 12.6 Å². The molecule has 0 saturated heterocycles. The van der Waals surface area contributed by atoms with Gasteiger partial charge in [-0.15, -0.1) is 0 Å². The van der Waals surface area contributed by atoms with Crippen LogP contribution in [0, 0.1) is 10.1 Å². The van der Waals surface area contributed by atoms with E-state index in [1.165, 1.54) is 20.4 Å². The SMILES string of the molecule is COc1cc(CN(CC(=O)O)C(=O)Cn2ccc([N+](=O)[O-])n2)cc(OC)c1. The molecule has 1 aromatic heterocycles. The Morgan fingerprint density at radius 2 is 1.89 bits per heavy atom. The Balaban J connectivity index is 2.19. The molecule has 0 atom stereocenters. The van der Waals surface area contributed by atoms with Gasteiger partial charge in [0.25, 0.3) is 0 Å². The average Bonchev–Trinajstić information content (AvgIpc) is 3.09. The zero-order chi connectivity index (χ0) is 20.0. The lowest BCUT2D eigenvalue weighted by molar-refractivity contribution is -0.389. The minimum absolute atomic E-state index is 0.0119. The molecular formula is C16H18N4O7. The summed E-state index contributed by atoms with van der Waals surface area (Å²) >= 11 is 0. The van der Waals surface area contributed by atoms with E-state index in [1.807, 2.05) is 0 Å². The minimum atomic E-state index is -1.19. The highest BCUT2D eigenvalue weighted by atomic mass is 16.6. The largest absolute Gasteiger partial charge is 0.497 e. The molecule has 0 aliphatic rings. The van der Waals surface area contributed by atoms with Crippen molar-refractivity contribution in [2.75, 3.05) is 20.8 Å². The number of hydrogen-bond acceptors (Lipinski definition) is 7. The van der Waals surface area contributed by atoms with E-state index < -0.39 is 29.2 Å². The Kier molecular flexibility index (Phi) is 6.31. The van der Waals surface area contributed by atoms with Gasteiger partial charge in [-0.2, -0.15) is 4.68 Å². The van der Waals surface area contributed by atoms with Gasteiger partial charge in [0.05, 0.1) is 31.6 Å². The second kappa shape index (κ2) is 8.65. The summed E-state index contributed by atoms with van der Waals surface area (Å²) in [6.45, 7) is -0.883. The number of methoxy groups -OCH3 is 2. The molecule has 0 aliphatic carbocycles. The van der Waals surface area contributed by atoms with Crippen LogP contribution in [0.5, 0.6) is 11.5 Å². The van der Waals surface area contributed by atoms with E-state index in [-0.39, 0.29) is 13.1 Å². The Bertz CT molecular complexity index is 827. The van der Waals surface area contributed by atoms with Crippen molar-refractivity contribution in [1.82, 2.24) is 14.7 Å². The third-order valence-corrected chi connectivity index (χ3v) is 3.57. The summed E-state index contributed by atoms with van der Waals surface area (Å²) in [4.78, 5) is 34.7. The first kappa shape index (κ1) is 19.7. The number of aliphatic carboxylic acids is 1. The molecule has 11 heteroatoms. The molecule has 0 spiro atoms. The predicted molar refractivity (Wildman–Crippen MR) is 91.5 cm³/mol. The van der Waals surface area contributed by atoms with Crippen molar-refractivity contribution in [3.63, 3.8) is 0 Å². The maximum absolute atomic E-state index is 12.5. The highest BCUT2D eigenvalue weighted by Gasteiger charge is 2.21. The first-order valence-corrected chi connectivity index (χ1v) is 7.71. The second-order valence-corrected chi connectivity index (χ2v) is 5.49. The van der Waals surface area contributed by atoms with Crippen molar-refractivity contribution in [3.05, 3.63) is 46.1 Å². The lowest BCUT2D eigenvalue weighted by Gasteiger charge is -2.21. The van der Waals surface area contributed by atoms with E-state index >= 15 is 0 Å². The van der Waals surface area contributed by atoms with Crippen LogP contribution >= 0.6 is 0 Å². The highest BCUT2D eigenvalue weighted by molar-refractivity contribution is 5.81. The molecule has 0 aliphatic heterocycles. The normalized spacial score (nSPS) is 10.3. The van der Waals surface area contributed by atoms with Crippen molar-refractivity contribution in [2.24, 2.45) is 0 Å². The number of nitrogens with zero attached hydrogens (tertiary/aromatic N) is 4. The molecular weight excluding hydrogens is 360 g/mol. The monoisotopic (exact) mass is 378 g/mol. The van der Waals surface area contributed by atoms with Gasteiger partial charge in [0.1, 0.15) is 24.6 Å². The number of amides is 1. The Hall–Kier alpha value is -3.63. The van der Waals surface area contributed by atoms with Crippen LogP contribution in [0.15, 0.2) is 30.5 Å². The summed E-state index contributed by atoms with van der Waals surface area (Å²) in [6.07, 6.45) is 1.28. The van der Waals surface area contributed by atoms with Crippen LogP contribution in [0.25, 0.3) is 0 Å². The number of carbonyl (C=O) groups is 2. The zero-order valence-electron chi connectivity index (χ0n) is 14.7. The fourth-order valence-corrected chi connectivity index (χ4v) is 2.35. The van der Waals surface area contributed by atoms with Crippen molar-refractivity contribution >= 4 is 17.7 Å². The standard InChI is InChI=1S/C16H18N4O7/c1-26-12-5-11(6-13(7-12)27-2)8-18(10-16(22)23)15(21)9-19-4-3-14(17-19)20(24)25/h3-7H,8-10H2,1-2H3,(H,22,23). The van der Waals surface area contributed by atoms with E-state index in [1.54, 1.807) is 18.2 Å². The van der Waals surface area contributed by atoms with E-state index in [9.17, 15) is 19.7 Å². The number of carboxylic acids is 1. The van der Waals surface area contributed by atoms with Gasteiger partial charge < -0.3 is 29.6 Å². The summed E-state index contributed by atoms with van der Waals surface area (Å²) in [5.41, 5.74) is 0.604. The highest BCUT2D eigenvalue weighted by Crippen LogP contribution is 2.23. The van der Waals surface area contributed by atoms with Crippen molar-refractivity contribution in [1.29, 1.82) is 0 Å². The Morgan fingerprint density at radius 3 is 2.37 bits per heavy atom. The summed E-state index contributed by atoms with van der Waals surface area (Å²) in [7, 11) is 2.95. The number of rotatable bonds is 9. The molecule has 1 N–H and O–H groups in total. The fourth-order valence-electron chi connectivity index (χ4n) is 2.35. The van der Waals surface area contributed by atoms with Crippen LogP contribution in [0.3, 0.4) is 0 Å². The van der Waals surface area contributed by atoms with Gasteiger partial charge in [0.15, 0.2) is 0 Å². The van der Waals surface area contributed by atoms with Crippen LogP contribution in [0.1, 0.15) is 5.56 Å². The molecule has 0 unspecified atom stereocenters. The summed E-state index contributed by atoms with van der Waals surface area (Å²) < 4.78 is 11.4. The van der Waals surface area contributed by atoms with Crippen LogP contribution in [0.2, 0.25) is 0 Å². The van der Waals surface area contributed by atoms with E-state index in [4.69, 9.17) is 14.6 Å². The number of ether oxygens (including phenoxy) is 2. The first-order chi connectivity index (χ1) is 12.8. The molecule has 27 heavy (non-hydrogen) atoms. The molecule has 2 rings (SSSR count). The lowest BCUT2D eigenvalue weighted by Crippen LogP contribution is -2.37. The van der Waals surface area contributed by atoms with Gasteiger partial charge in [-0.05, 0) is 22.6 Å². The third kappa shape index (κ3) is 5.42. The number of hydrogen-bond donors (Lipinski definition) is 1. The molecule has 1 heterocycles. The fraction of sp³-hybridized carbons (Fsp3) is 0.312. The lowest BCUT2D eigenvalue weighted by atomic mass is 10.2. The van der Waals surface area contributed by atoms with Gasteiger partial charge in [-0.1, -0.05) is 0 Å². The van der Waals surface area contributed by atoms with Crippen LogP contribution < -0.4 is 9.47 Å². The maximum atomic E-state index is 12.5. The summed E-state index contributed by atoms with van der Waals surface area (Å²) in [5, 5.41) is 23.4. The van der Waals surface area contributed by atoms with Gasteiger partial charge in [-0.3, -0.25) is 9.59 Å². The molecule has 0 bridgehead atoms. The summed E-state index contributed by atoms with van der Waals surface area (Å²) in [6, 6.07) is 6.12. The molecule has 0 radical (unpaired) electrons. The van der Waals surface area contributed by atoms with E-state index in [2.05, 4.69) is 5.10 Å². The number of carbonyl (C=O) groups excluding carboxylic acids is 1. The van der Waals surface area contributed by atoms with Crippen molar-refractivity contribution < 1.29 is 29.1 Å². The van der Waals surface area contributed by atoms with Crippen LogP contribution in [-0.2, 0) is 22.7 Å². The van der Waals surface area contributed by atoms with Crippen molar-refractivity contribution in [3.8, 4) is 11.5 Å². The van der Waals surface area contributed by atoms with Crippen LogP contribution in [0.4, 0.5) is 5.82 Å². The number of nitro groups is 1. The average molecular weight is 378 g/mol. The molecule has 0 fully saturated rings. The smallest absolute Gasteiger partial charge is 0.389 e. The summed E-state index contributed by atoms with van der Waals surface area (Å²) in [5.74, 6) is -1.16.